The summed E-state index contributed by atoms with van der Waals surface area (Å²) in [4.78, 5) is 37.4. The maximum atomic E-state index is 12.4. The first-order valence-electron chi connectivity index (χ1n) is 7.42. The van der Waals surface area contributed by atoms with Gasteiger partial charge in [0.1, 0.15) is 11.0 Å². The second-order valence-electron chi connectivity index (χ2n) is 5.20. The van der Waals surface area contributed by atoms with Gasteiger partial charge >= 0.3 is 11.9 Å². The minimum atomic E-state index is -0.601. The summed E-state index contributed by atoms with van der Waals surface area (Å²) in [6.07, 6.45) is -0.382. The minimum absolute atomic E-state index is 0.0856. The Bertz CT molecular complexity index is 653. The molecule has 0 radical (unpaired) electrons. The van der Waals surface area contributed by atoms with Crippen LogP contribution in [-0.4, -0.2) is 69.3 Å². The Balaban J connectivity index is 1.96. The number of nitro groups is 1. The van der Waals surface area contributed by atoms with E-state index in [0.717, 1.165) is 0 Å². The SMILES string of the molecule is CCOC(=O)N1CCN(C(=O)Cn2nc([N+](=O)[O-])c(Br)c2C)CC1. The van der Waals surface area contributed by atoms with Gasteiger partial charge in [-0.2, -0.15) is 4.68 Å². The average Bonchev–Trinajstić information content (AvgIpc) is 2.84. The highest BCUT2D eigenvalue weighted by molar-refractivity contribution is 9.10. The molecule has 0 N–H and O–H groups in total. The van der Waals surface area contributed by atoms with Crippen LogP contribution in [0.25, 0.3) is 0 Å². The Morgan fingerprint density at radius 3 is 2.38 bits per heavy atom. The molecule has 2 amide bonds. The van der Waals surface area contributed by atoms with Crippen LogP contribution in [0.4, 0.5) is 10.6 Å². The van der Waals surface area contributed by atoms with E-state index in [2.05, 4.69) is 21.0 Å². The fourth-order valence-electron chi connectivity index (χ4n) is 2.36. The quantitative estimate of drug-likeness (QED) is 0.550. The van der Waals surface area contributed by atoms with Gasteiger partial charge in [-0.25, -0.2) is 4.79 Å². The van der Waals surface area contributed by atoms with Crippen LogP contribution in [0.5, 0.6) is 0 Å². The van der Waals surface area contributed by atoms with Crippen molar-refractivity contribution >= 4 is 33.7 Å². The van der Waals surface area contributed by atoms with E-state index in [4.69, 9.17) is 4.74 Å². The van der Waals surface area contributed by atoms with E-state index in [-0.39, 0.29) is 28.8 Å². The molecule has 1 saturated heterocycles. The number of carbonyl (C=O) groups is 2. The zero-order chi connectivity index (χ0) is 17.9. The van der Waals surface area contributed by atoms with Crippen molar-refractivity contribution in [3.05, 3.63) is 20.3 Å². The number of ether oxygens (including phenoxy) is 1. The van der Waals surface area contributed by atoms with E-state index in [1.54, 1.807) is 23.6 Å². The lowest BCUT2D eigenvalue weighted by molar-refractivity contribution is -0.390. The van der Waals surface area contributed by atoms with Gasteiger partial charge < -0.3 is 24.7 Å². The topological polar surface area (TPSA) is 111 Å². The van der Waals surface area contributed by atoms with Crippen molar-refractivity contribution < 1.29 is 19.2 Å². The third kappa shape index (κ3) is 3.83. The van der Waals surface area contributed by atoms with Crippen LogP contribution in [0, 0.1) is 17.0 Å². The molecule has 1 fully saturated rings. The number of carbonyl (C=O) groups excluding carboxylic acids is 2. The smallest absolute Gasteiger partial charge is 0.409 e. The minimum Gasteiger partial charge on any atom is -0.450 e. The molecule has 2 rings (SSSR count). The van der Waals surface area contributed by atoms with Crippen molar-refractivity contribution in [2.24, 2.45) is 0 Å². The van der Waals surface area contributed by atoms with Crippen molar-refractivity contribution in [1.82, 2.24) is 19.6 Å². The molecule has 0 saturated carbocycles. The normalized spacial score (nSPS) is 14.6. The van der Waals surface area contributed by atoms with Crippen LogP contribution >= 0.6 is 15.9 Å². The van der Waals surface area contributed by atoms with E-state index < -0.39 is 4.92 Å². The molecule has 0 aliphatic carbocycles. The molecule has 1 aromatic heterocycles. The summed E-state index contributed by atoms with van der Waals surface area (Å²) in [6.45, 7) is 5.18. The van der Waals surface area contributed by atoms with Crippen molar-refractivity contribution in [2.75, 3.05) is 32.8 Å². The first-order valence-corrected chi connectivity index (χ1v) is 8.21. The van der Waals surface area contributed by atoms with E-state index in [1.807, 2.05) is 0 Å². The number of nitrogens with zero attached hydrogens (tertiary/aromatic N) is 5. The molecule has 2 heterocycles. The maximum absolute atomic E-state index is 12.4. The van der Waals surface area contributed by atoms with Gasteiger partial charge in [-0.1, -0.05) is 0 Å². The third-order valence-corrected chi connectivity index (χ3v) is 4.66. The molecular formula is C13H18BrN5O5. The first kappa shape index (κ1) is 18.2. The second-order valence-corrected chi connectivity index (χ2v) is 6.00. The second kappa shape index (κ2) is 7.60. The lowest BCUT2D eigenvalue weighted by Crippen LogP contribution is -2.51. The predicted molar refractivity (Wildman–Crippen MR) is 86.5 cm³/mol. The summed E-state index contributed by atoms with van der Waals surface area (Å²) in [6, 6.07) is 0. The Labute approximate surface area is 146 Å². The summed E-state index contributed by atoms with van der Waals surface area (Å²) in [5.74, 6) is -0.515. The predicted octanol–water partition coefficient (Wildman–Crippen LogP) is 1.16. The molecule has 0 bridgehead atoms. The summed E-state index contributed by atoms with van der Waals surface area (Å²) in [5.41, 5.74) is 0.514. The van der Waals surface area contributed by atoms with Gasteiger partial charge in [-0.05, 0) is 34.7 Å². The van der Waals surface area contributed by atoms with Gasteiger partial charge in [-0.3, -0.25) is 4.79 Å². The highest BCUT2D eigenvalue weighted by atomic mass is 79.9. The Morgan fingerprint density at radius 1 is 1.29 bits per heavy atom. The van der Waals surface area contributed by atoms with E-state index >= 15 is 0 Å². The molecule has 1 aromatic rings. The fourth-order valence-corrected chi connectivity index (χ4v) is 2.79. The molecule has 1 aliphatic heterocycles. The van der Waals surface area contributed by atoms with Gasteiger partial charge in [0.05, 0.1) is 17.4 Å². The number of hydrogen-bond acceptors (Lipinski definition) is 6. The number of piperazine rings is 1. The molecular weight excluding hydrogens is 386 g/mol. The van der Waals surface area contributed by atoms with Crippen molar-refractivity contribution in [2.45, 2.75) is 20.4 Å². The Hall–Kier alpha value is -2.17. The van der Waals surface area contributed by atoms with E-state index in [1.165, 1.54) is 4.68 Å². The Morgan fingerprint density at radius 2 is 1.88 bits per heavy atom. The molecule has 0 aromatic carbocycles. The molecule has 0 spiro atoms. The molecule has 11 heteroatoms. The largest absolute Gasteiger partial charge is 0.450 e. The van der Waals surface area contributed by atoms with Crippen LogP contribution in [-0.2, 0) is 16.1 Å². The number of hydrogen-bond donors (Lipinski definition) is 0. The number of amides is 2. The zero-order valence-corrected chi connectivity index (χ0v) is 15.0. The van der Waals surface area contributed by atoms with Crippen molar-refractivity contribution in [3.63, 3.8) is 0 Å². The van der Waals surface area contributed by atoms with Crippen LogP contribution in [0.2, 0.25) is 0 Å². The lowest BCUT2D eigenvalue weighted by atomic mass is 10.3. The standard InChI is InChI=1S/C13H18BrN5O5/c1-3-24-13(21)17-6-4-16(5-7-17)10(20)8-18-9(2)11(14)12(15-18)19(22)23/h3-8H2,1-2H3. The van der Waals surface area contributed by atoms with Gasteiger partial charge in [0.15, 0.2) is 0 Å². The zero-order valence-electron chi connectivity index (χ0n) is 13.4. The van der Waals surface area contributed by atoms with E-state index in [9.17, 15) is 19.7 Å². The molecule has 132 valence electrons. The van der Waals surface area contributed by atoms with Crippen molar-refractivity contribution in [1.29, 1.82) is 0 Å². The van der Waals surface area contributed by atoms with Crippen LogP contribution in [0.1, 0.15) is 12.6 Å². The fraction of sp³-hybridized carbons (Fsp3) is 0.615. The van der Waals surface area contributed by atoms with E-state index in [0.29, 0.717) is 38.5 Å². The van der Waals surface area contributed by atoms with Gasteiger partial charge in [0, 0.05) is 26.2 Å². The molecule has 24 heavy (non-hydrogen) atoms. The van der Waals surface area contributed by atoms with Crippen LogP contribution < -0.4 is 0 Å². The monoisotopic (exact) mass is 403 g/mol. The summed E-state index contributed by atoms with van der Waals surface area (Å²) in [5, 5.41) is 14.7. The molecule has 0 unspecified atom stereocenters. The van der Waals surface area contributed by atoms with Gasteiger partial charge in [0.25, 0.3) is 0 Å². The van der Waals surface area contributed by atoms with Crippen LogP contribution in [0.3, 0.4) is 0 Å². The number of rotatable bonds is 4. The Kier molecular flexibility index (Phi) is 5.75. The summed E-state index contributed by atoms with van der Waals surface area (Å²) >= 11 is 3.12. The highest BCUT2D eigenvalue weighted by Crippen LogP contribution is 2.26. The molecule has 1 aliphatic rings. The number of halogens is 1. The van der Waals surface area contributed by atoms with Gasteiger partial charge in [-0.15, -0.1) is 0 Å². The summed E-state index contributed by atoms with van der Waals surface area (Å²) in [7, 11) is 0. The van der Waals surface area contributed by atoms with Crippen LogP contribution in [0.15, 0.2) is 4.47 Å². The van der Waals surface area contributed by atoms with Crippen molar-refractivity contribution in [3.8, 4) is 0 Å². The summed E-state index contributed by atoms with van der Waals surface area (Å²) < 4.78 is 6.51. The highest BCUT2D eigenvalue weighted by Gasteiger charge is 2.28. The average molecular weight is 404 g/mol. The maximum Gasteiger partial charge on any atom is 0.409 e. The first-order chi connectivity index (χ1) is 11.3. The number of aromatic nitrogens is 2. The molecule has 0 atom stereocenters. The lowest BCUT2D eigenvalue weighted by Gasteiger charge is -2.33. The third-order valence-electron chi connectivity index (χ3n) is 3.73. The van der Waals surface area contributed by atoms with Gasteiger partial charge in [0.2, 0.25) is 5.91 Å². The molecule has 10 nitrogen and oxygen atoms in total.